The first-order valence-corrected chi connectivity index (χ1v) is 4.24. The number of carbonyl (C=O) groups excluding carboxylic acids is 2. The average Bonchev–Trinajstić information content (AvgIpc) is 2.24. The standard InChI is InChI=1S/C10H14O5/c1-5-9(11)15-7(2)6-14-8(3)10(12)13-4/h5,7H,1,3,6H2,2,4H3. The normalized spacial score (nSPS) is 11.1. The molecule has 0 aliphatic rings. The number of hydrogen-bond donors (Lipinski definition) is 0. The van der Waals surface area contributed by atoms with E-state index < -0.39 is 18.0 Å². The number of carbonyl (C=O) groups is 2. The molecule has 0 spiro atoms. The van der Waals surface area contributed by atoms with Gasteiger partial charge in [-0.1, -0.05) is 6.58 Å². The van der Waals surface area contributed by atoms with Crippen LogP contribution in [0.25, 0.3) is 0 Å². The van der Waals surface area contributed by atoms with Crippen LogP contribution >= 0.6 is 0 Å². The van der Waals surface area contributed by atoms with Gasteiger partial charge in [0.15, 0.2) is 5.76 Å². The minimum atomic E-state index is -0.655. The third-order valence-corrected chi connectivity index (χ3v) is 1.39. The lowest BCUT2D eigenvalue weighted by Gasteiger charge is -2.13. The Bertz CT molecular complexity index is 269. The second kappa shape index (κ2) is 6.64. The van der Waals surface area contributed by atoms with E-state index >= 15 is 0 Å². The van der Waals surface area contributed by atoms with Gasteiger partial charge in [-0.25, -0.2) is 9.59 Å². The van der Waals surface area contributed by atoms with Crippen LogP contribution in [0, 0.1) is 0 Å². The summed E-state index contributed by atoms with van der Waals surface area (Å²) in [5, 5.41) is 0. The molecule has 5 heteroatoms. The maximum absolute atomic E-state index is 10.8. The summed E-state index contributed by atoms with van der Waals surface area (Å²) in [6, 6.07) is 0. The van der Waals surface area contributed by atoms with Crippen LogP contribution in [0.1, 0.15) is 6.92 Å². The zero-order valence-electron chi connectivity index (χ0n) is 8.82. The number of methoxy groups -OCH3 is 1. The van der Waals surface area contributed by atoms with Gasteiger partial charge in [0.25, 0.3) is 0 Å². The monoisotopic (exact) mass is 214 g/mol. The van der Waals surface area contributed by atoms with Gasteiger partial charge in [0.2, 0.25) is 0 Å². The molecule has 15 heavy (non-hydrogen) atoms. The molecule has 0 aliphatic heterocycles. The van der Waals surface area contributed by atoms with E-state index in [1.165, 1.54) is 7.11 Å². The predicted molar refractivity (Wildman–Crippen MR) is 52.9 cm³/mol. The molecule has 0 aromatic carbocycles. The third-order valence-electron chi connectivity index (χ3n) is 1.39. The van der Waals surface area contributed by atoms with Gasteiger partial charge in [0, 0.05) is 6.08 Å². The van der Waals surface area contributed by atoms with Crippen molar-refractivity contribution in [2.45, 2.75) is 13.0 Å². The van der Waals surface area contributed by atoms with Crippen molar-refractivity contribution in [1.82, 2.24) is 0 Å². The lowest BCUT2D eigenvalue weighted by molar-refractivity contribution is -0.145. The van der Waals surface area contributed by atoms with E-state index in [9.17, 15) is 9.59 Å². The highest BCUT2D eigenvalue weighted by molar-refractivity contribution is 5.85. The van der Waals surface area contributed by atoms with Gasteiger partial charge < -0.3 is 14.2 Å². The Morgan fingerprint density at radius 1 is 1.47 bits per heavy atom. The second-order valence-electron chi connectivity index (χ2n) is 2.68. The topological polar surface area (TPSA) is 61.8 Å². The van der Waals surface area contributed by atoms with E-state index in [4.69, 9.17) is 9.47 Å². The van der Waals surface area contributed by atoms with Crippen LogP contribution < -0.4 is 0 Å². The maximum atomic E-state index is 10.8. The van der Waals surface area contributed by atoms with E-state index in [-0.39, 0.29) is 12.4 Å². The van der Waals surface area contributed by atoms with Gasteiger partial charge in [0.05, 0.1) is 7.11 Å². The van der Waals surface area contributed by atoms with Crippen LogP contribution in [-0.4, -0.2) is 31.8 Å². The smallest absolute Gasteiger partial charge is 0.372 e. The highest BCUT2D eigenvalue weighted by atomic mass is 16.6. The zero-order valence-corrected chi connectivity index (χ0v) is 8.82. The molecule has 0 fully saturated rings. The lowest BCUT2D eigenvalue weighted by Crippen LogP contribution is -2.20. The van der Waals surface area contributed by atoms with Gasteiger partial charge in [-0.2, -0.15) is 0 Å². The molecule has 0 saturated heterocycles. The van der Waals surface area contributed by atoms with Crippen LogP contribution in [0.5, 0.6) is 0 Å². The molecule has 0 saturated carbocycles. The molecule has 0 amide bonds. The molecule has 0 aromatic heterocycles. The van der Waals surface area contributed by atoms with E-state index in [0.29, 0.717) is 0 Å². The Morgan fingerprint density at radius 3 is 2.53 bits per heavy atom. The van der Waals surface area contributed by atoms with Crippen molar-refractivity contribution in [1.29, 1.82) is 0 Å². The van der Waals surface area contributed by atoms with Crippen molar-refractivity contribution in [2.75, 3.05) is 13.7 Å². The summed E-state index contributed by atoms with van der Waals surface area (Å²) in [5.74, 6) is -1.33. The van der Waals surface area contributed by atoms with Gasteiger partial charge in [-0.05, 0) is 13.5 Å². The van der Waals surface area contributed by atoms with Crippen molar-refractivity contribution in [2.24, 2.45) is 0 Å². The molecule has 0 aliphatic carbocycles. The summed E-state index contributed by atoms with van der Waals surface area (Å²) in [5.41, 5.74) is 0. The first-order chi connectivity index (χ1) is 7.01. The van der Waals surface area contributed by atoms with Crippen LogP contribution in [0.15, 0.2) is 25.0 Å². The molecule has 5 nitrogen and oxygen atoms in total. The molecule has 1 atom stereocenters. The molecule has 84 valence electrons. The van der Waals surface area contributed by atoms with Crippen molar-refractivity contribution >= 4 is 11.9 Å². The summed E-state index contributed by atoms with van der Waals surface area (Å²) in [6.45, 7) is 8.23. The molecule has 0 rings (SSSR count). The Balaban J connectivity index is 3.85. The van der Waals surface area contributed by atoms with Gasteiger partial charge in [0.1, 0.15) is 12.7 Å². The molecule has 0 heterocycles. The Kier molecular flexibility index (Phi) is 5.85. The molecule has 0 N–H and O–H groups in total. The second-order valence-corrected chi connectivity index (χ2v) is 2.68. The maximum Gasteiger partial charge on any atom is 0.372 e. The van der Waals surface area contributed by atoms with Gasteiger partial charge in [-0.3, -0.25) is 0 Å². The molecular weight excluding hydrogens is 200 g/mol. The largest absolute Gasteiger partial charge is 0.483 e. The first-order valence-electron chi connectivity index (χ1n) is 4.24. The van der Waals surface area contributed by atoms with Crippen molar-refractivity contribution in [3.63, 3.8) is 0 Å². The summed E-state index contributed by atoms with van der Waals surface area (Å²) >= 11 is 0. The van der Waals surface area contributed by atoms with Gasteiger partial charge in [-0.15, -0.1) is 0 Å². The Morgan fingerprint density at radius 2 is 2.07 bits per heavy atom. The number of esters is 2. The summed E-state index contributed by atoms with van der Waals surface area (Å²) in [4.78, 5) is 21.6. The zero-order chi connectivity index (χ0) is 11.8. The van der Waals surface area contributed by atoms with Gasteiger partial charge >= 0.3 is 11.9 Å². The number of rotatable bonds is 6. The van der Waals surface area contributed by atoms with Crippen molar-refractivity contribution in [3.8, 4) is 0 Å². The van der Waals surface area contributed by atoms with Crippen LogP contribution in [0.2, 0.25) is 0 Å². The van der Waals surface area contributed by atoms with E-state index in [1.807, 2.05) is 0 Å². The summed E-state index contributed by atoms with van der Waals surface area (Å²) in [6.07, 6.45) is 0.558. The van der Waals surface area contributed by atoms with Crippen molar-refractivity contribution < 1.29 is 23.8 Å². The Hall–Kier alpha value is -1.78. The molecule has 1 unspecified atom stereocenters. The summed E-state index contributed by atoms with van der Waals surface area (Å²) < 4.78 is 14.1. The molecule has 0 aromatic rings. The third kappa shape index (κ3) is 5.51. The average molecular weight is 214 g/mol. The van der Waals surface area contributed by atoms with Crippen LogP contribution in [-0.2, 0) is 23.8 Å². The summed E-state index contributed by atoms with van der Waals surface area (Å²) in [7, 11) is 1.22. The van der Waals surface area contributed by atoms with Crippen molar-refractivity contribution in [3.05, 3.63) is 25.0 Å². The molecular formula is C10H14O5. The number of ether oxygens (including phenoxy) is 3. The minimum Gasteiger partial charge on any atom is -0.483 e. The molecule has 0 bridgehead atoms. The van der Waals surface area contributed by atoms with Crippen LogP contribution in [0.3, 0.4) is 0 Å². The minimum absolute atomic E-state index is 0.0352. The molecule has 0 radical (unpaired) electrons. The van der Waals surface area contributed by atoms with E-state index in [2.05, 4.69) is 17.9 Å². The fourth-order valence-electron chi connectivity index (χ4n) is 0.671. The first kappa shape index (κ1) is 13.2. The Labute approximate surface area is 88.3 Å². The SMILES string of the molecule is C=CC(=O)OC(C)COC(=C)C(=O)OC. The predicted octanol–water partition coefficient (Wildman–Crippen LogP) is 0.807. The highest BCUT2D eigenvalue weighted by Gasteiger charge is 2.12. The number of hydrogen-bond acceptors (Lipinski definition) is 5. The quantitative estimate of drug-likeness (QED) is 0.372. The highest BCUT2D eigenvalue weighted by Crippen LogP contribution is 2.00. The lowest BCUT2D eigenvalue weighted by atomic mass is 10.4. The fourth-order valence-corrected chi connectivity index (χ4v) is 0.671. The van der Waals surface area contributed by atoms with Crippen LogP contribution in [0.4, 0.5) is 0 Å². The fraction of sp³-hybridized carbons (Fsp3) is 0.400. The van der Waals surface area contributed by atoms with E-state index in [0.717, 1.165) is 6.08 Å². The van der Waals surface area contributed by atoms with E-state index in [1.54, 1.807) is 6.92 Å².